The molecule has 1 heterocycles. The summed E-state index contributed by atoms with van der Waals surface area (Å²) >= 11 is 0. The molecular formula is C28H36N4O4. The summed E-state index contributed by atoms with van der Waals surface area (Å²) < 4.78 is 5.22. The van der Waals surface area contributed by atoms with Crippen LogP contribution < -0.4 is 16.4 Å². The molecule has 0 radical (unpaired) electrons. The molecule has 8 nitrogen and oxygen atoms in total. The van der Waals surface area contributed by atoms with Crippen LogP contribution in [-0.4, -0.2) is 47.0 Å². The molecule has 1 unspecified atom stereocenters. The number of esters is 1. The van der Waals surface area contributed by atoms with Crippen molar-refractivity contribution >= 4 is 28.7 Å². The van der Waals surface area contributed by atoms with Crippen LogP contribution in [0, 0.1) is 0 Å². The van der Waals surface area contributed by atoms with Gasteiger partial charge in [-0.25, -0.2) is 4.79 Å². The van der Waals surface area contributed by atoms with Gasteiger partial charge in [0.2, 0.25) is 11.8 Å². The molecule has 0 saturated carbocycles. The molecule has 3 aromatic rings. The number of aromatic nitrogens is 1. The van der Waals surface area contributed by atoms with E-state index in [1.165, 1.54) is 0 Å². The maximum Gasteiger partial charge on any atom is 0.328 e. The van der Waals surface area contributed by atoms with E-state index >= 15 is 0 Å². The number of hydrogen-bond donors (Lipinski definition) is 4. The van der Waals surface area contributed by atoms with Gasteiger partial charge in [0.1, 0.15) is 12.1 Å². The summed E-state index contributed by atoms with van der Waals surface area (Å²) in [5.41, 5.74) is 7.77. The van der Waals surface area contributed by atoms with Crippen LogP contribution in [0.15, 0.2) is 60.8 Å². The second kappa shape index (κ2) is 12.4. The molecule has 0 fully saturated rings. The van der Waals surface area contributed by atoms with E-state index in [0.717, 1.165) is 28.5 Å². The number of carbonyl (C=O) groups excluding carboxylic acids is 3. The smallest absolute Gasteiger partial charge is 0.328 e. The van der Waals surface area contributed by atoms with Crippen molar-refractivity contribution in [3.8, 4) is 0 Å². The molecule has 0 aliphatic carbocycles. The van der Waals surface area contributed by atoms with Crippen LogP contribution in [0.1, 0.15) is 44.7 Å². The summed E-state index contributed by atoms with van der Waals surface area (Å²) in [5.74, 6) is -1.41. The highest BCUT2D eigenvalue weighted by Gasteiger charge is 2.31. The van der Waals surface area contributed by atoms with Crippen LogP contribution in [0.25, 0.3) is 10.9 Å². The fourth-order valence-corrected chi connectivity index (χ4v) is 3.99. The second-order valence-corrected chi connectivity index (χ2v) is 9.50. The standard InChI is InChI=1S/C28H36N4O4/c1-4-36-26(34)23(16-10-13-19-11-6-5-7-12-19)31-25(33)24(32-27(35)28(2,3)29)17-20-18-30-22-15-9-8-14-21(20)22/h5-9,11-12,14-15,18,23-24,30H,4,10,13,16-17,29H2,1-3H3,(H,31,33)(H,32,35)/t23-,24?/m0/s1. The number of benzene rings is 2. The number of ether oxygens (including phenoxy) is 1. The minimum absolute atomic E-state index is 0.209. The number of amides is 2. The Morgan fingerprint density at radius 1 is 1.00 bits per heavy atom. The highest BCUT2D eigenvalue weighted by atomic mass is 16.5. The molecule has 1 aromatic heterocycles. The van der Waals surface area contributed by atoms with Crippen LogP contribution in [0.4, 0.5) is 0 Å². The Morgan fingerprint density at radius 2 is 1.69 bits per heavy atom. The van der Waals surface area contributed by atoms with Gasteiger partial charge in [0.05, 0.1) is 12.1 Å². The predicted molar refractivity (Wildman–Crippen MR) is 140 cm³/mol. The monoisotopic (exact) mass is 492 g/mol. The molecule has 36 heavy (non-hydrogen) atoms. The van der Waals surface area contributed by atoms with Gasteiger partial charge in [0, 0.05) is 23.5 Å². The number of rotatable bonds is 12. The average molecular weight is 493 g/mol. The van der Waals surface area contributed by atoms with Crippen molar-refractivity contribution in [3.63, 3.8) is 0 Å². The molecule has 192 valence electrons. The average Bonchev–Trinajstić information content (AvgIpc) is 3.26. The molecule has 0 saturated heterocycles. The van der Waals surface area contributed by atoms with Crippen LogP contribution in [-0.2, 0) is 32.0 Å². The van der Waals surface area contributed by atoms with Crippen LogP contribution in [0.5, 0.6) is 0 Å². The van der Waals surface area contributed by atoms with Gasteiger partial charge in [0.25, 0.3) is 0 Å². The highest BCUT2D eigenvalue weighted by molar-refractivity contribution is 5.94. The maximum atomic E-state index is 13.4. The molecule has 0 spiro atoms. The number of fused-ring (bicyclic) bond motifs is 1. The SMILES string of the molecule is CCOC(=O)[C@H](CCCc1ccccc1)NC(=O)C(Cc1c[nH]c2ccccc12)NC(=O)C(C)(C)N. The summed E-state index contributed by atoms with van der Waals surface area (Å²) in [6, 6.07) is 15.9. The fraction of sp³-hybridized carbons (Fsp3) is 0.393. The fourth-order valence-electron chi connectivity index (χ4n) is 3.99. The topological polar surface area (TPSA) is 126 Å². The van der Waals surface area contributed by atoms with Crippen molar-refractivity contribution in [2.45, 2.75) is 64.1 Å². The largest absolute Gasteiger partial charge is 0.464 e. The van der Waals surface area contributed by atoms with Gasteiger partial charge < -0.3 is 26.1 Å². The summed E-state index contributed by atoms with van der Waals surface area (Å²) in [6.45, 7) is 5.09. The lowest BCUT2D eigenvalue weighted by Gasteiger charge is -2.25. The first kappa shape index (κ1) is 26.9. The van der Waals surface area contributed by atoms with E-state index in [2.05, 4.69) is 15.6 Å². The van der Waals surface area contributed by atoms with Crippen molar-refractivity contribution in [3.05, 3.63) is 71.9 Å². The van der Waals surface area contributed by atoms with Gasteiger partial charge in [-0.2, -0.15) is 0 Å². The van der Waals surface area contributed by atoms with E-state index in [0.29, 0.717) is 12.8 Å². The molecule has 5 N–H and O–H groups in total. The molecular weight excluding hydrogens is 456 g/mol. The number of nitrogens with one attached hydrogen (secondary N) is 3. The Bertz CT molecular complexity index is 1170. The minimum atomic E-state index is -1.17. The predicted octanol–water partition coefficient (Wildman–Crippen LogP) is 3.00. The summed E-state index contributed by atoms with van der Waals surface area (Å²) in [5, 5.41) is 6.56. The Hall–Kier alpha value is -3.65. The van der Waals surface area contributed by atoms with Gasteiger partial charge in [-0.05, 0) is 57.2 Å². The summed E-state index contributed by atoms with van der Waals surface area (Å²) in [6.07, 6.45) is 3.92. The van der Waals surface area contributed by atoms with Crippen molar-refractivity contribution in [2.75, 3.05) is 6.61 Å². The van der Waals surface area contributed by atoms with Gasteiger partial charge in [-0.1, -0.05) is 48.5 Å². The van der Waals surface area contributed by atoms with Crippen LogP contribution >= 0.6 is 0 Å². The van der Waals surface area contributed by atoms with E-state index in [9.17, 15) is 14.4 Å². The number of nitrogens with two attached hydrogens (primary N) is 1. The number of aromatic amines is 1. The molecule has 2 amide bonds. The zero-order valence-corrected chi connectivity index (χ0v) is 21.2. The van der Waals surface area contributed by atoms with E-state index in [1.54, 1.807) is 20.8 Å². The third kappa shape index (κ3) is 7.42. The lowest BCUT2D eigenvalue weighted by Crippen LogP contribution is -2.58. The van der Waals surface area contributed by atoms with Crippen LogP contribution in [0.2, 0.25) is 0 Å². The van der Waals surface area contributed by atoms with E-state index < -0.39 is 35.4 Å². The Labute approximate surface area is 212 Å². The first-order valence-electron chi connectivity index (χ1n) is 12.3. The number of carbonyl (C=O) groups is 3. The molecule has 2 atom stereocenters. The van der Waals surface area contributed by atoms with Gasteiger partial charge >= 0.3 is 5.97 Å². The molecule has 0 aliphatic heterocycles. The zero-order chi connectivity index (χ0) is 26.1. The quantitative estimate of drug-likeness (QED) is 0.289. The van der Waals surface area contributed by atoms with Gasteiger partial charge in [-0.15, -0.1) is 0 Å². The van der Waals surface area contributed by atoms with E-state index in [1.807, 2.05) is 60.8 Å². The lowest BCUT2D eigenvalue weighted by atomic mass is 10.0. The number of H-pyrrole nitrogens is 1. The van der Waals surface area contributed by atoms with Crippen molar-refractivity contribution < 1.29 is 19.1 Å². The second-order valence-electron chi connectivity index (χ2n) is 9.50. The minimum Gasteiger partial charge on any atom is -0.464 e. The molecule has 2 aromatic carbocycles. The van der Waals surface area contributed by atoms with E-state index in [-0.39, 0.29) is 13.0 Å². The zero-order valence-electron chi connectivity index (χ0n) is 21.2. The maximum absolute atomic E-state index is 13.4. The number of aryl methyl sites for hydroxylation is 1. The van der Waals surface area contributed by atoms with Crippen molar-refractivity contribution in [1.29, 1.82) is 0 Å². The Morgan fingerprint density at radius 3 is 2.39 bits per heavy atom. The summed E-state index contributed by atoms with van der Waals surface area (Å²) in [4.78, 5) is 42.0. The molecule has 0 aliphatic rings. The summed E-state index contributed by atoms with van der Waals surface area (Å²) in [7, 11) is 0. The van der Waals surface area contributed by atoms with E-state index in [4.69, 9.17) is 10.5 Å². The van der Waals surface area contributed by atoms with Crippen molar-refractivity contribution in [2.24, 2.45) is 5.73 Å². The third-order valence-corrected chi connectivity index (χ3v) is 5.99. The molecule has 8 heteroatoms. The van der Waals surface area contributed by atoms with Crippen LogP contribution in [0.3, 0.4) is 0 Å². The van der Waals surface area contributed by atoms with Gasteiger partial charge in [-0.3, -0.25) is 9.59 Å². The first-order valence-corrected chi connectivity index (χ1v) is 12.3. The molecule has 3 rings (SSSR count). The van der Waals surface area contributed by atoms with Crippen molar-refractivity contribution in [1.82, 2.24) is 15.6 Å². The normalized spacial score (nSPS) is 13.1. The first-order chi connectivity index (χ1) is 17.2. The lowest BCUT2D eigenvalue weighted by molar-refractivity contribution is -0.148. The Kier molecular flexibility index (Phi) is 9.25. The Balaban J connectivity index is 1.76. The van der Waals surface area contributed by atoms with Gasteiger partial charge in [0.15, 0.2) is 0 Å². The third-order valence-electron chi connectivity index (χ3n) is 5.99. The highest BCUT2D eigenvalue weighted by Crippen LogP contribution is 2.19. The molecule has 0 bridgehead atoms. The number of para-hydroxylation sites is 1. The number of hydrogen-bond acceptors (Lipinski definition) is 5.